The van der Waals surface area contributed by atoms with E-state index in [9.17, 15) is 24.1 Å². The fourth-order valence-electron chi connectivity index (χ4n) is 2.01. The van der Waals surface area contributed by atoms with Crippen molar-refractivity contribution in [1.82, 2.24) is 5.32 Å². The normalized spacial score (nSPS) is 10.0. The maximum atomic E-state index is 13.0. The van der Waals surface area contributed by atoms with E-state index in [4.69, 9.17) is 4.74 Å². The van der Waals surface area contributed by atoms with Crippen LogP contribution in [0, 0.1) is 15.9 Å². The molecule has 2 amide bonds. The number of hydrogen-bond donors (Lipinski definition) is 2. The molecule has 130 valence electrons. The van der Waals surface area contributed by atoms with Crippen LogP contribution in [-0.2, 0) is 4.79 Å². The van der Waals surface area contributed by atoms with Crippen LogP contribution in [0.2, 0.25) is 0 Å². The molecule has 0 bridgehead atoms. The Morgan fingerprint density at radius 3 is 2.64 bits per heavy atom. The van der Waals surface area contributed by atoms with Crippen LogP contribution >= 0.6 is 0 Å². The summed E-state index contributed by atoms with van der Waals surface area (Å²) in [5.41, 5.74) is -0.107. The molecule has 2 rings (SSSR count). The van der Waals surface area contributed by atoms with Gasteiger partial charge in [-0.05, 0) is 30.3 Å². The van der Waals surface area contributed by atoms with Crippen LogP contribution in [0.4, 0.5) is 15.8 Å². The molecule has 25 heavy (non-hydrogen) atoms. The molecule has 0 saturated heterocycles. The molecule has 9 heteroatoms. The lowest BCUT2D eigenvalue weighted by Gasteiger charge is -2.08. The number of carbonyl (C=O) groups is 2. The van der Waals surface area contributed by atoms with Gasteiger partial charge in [-0.3, -0.25) is 19.7 Å². The van der Waals surface area contributed by atoms with Gasteiger partial charge in [0.2, 0.25) is 5.91 Å². The maximum Gasteiger partial charge on any atom is 0.311 e. The van der Waals surface area contributed by atoms with Gasteiger partial charge in [-0.2, -0.15) is 0 Å². The average molecular weight is 347 g/mol. The van der Waals surface area contributed by atoms with E-state index in [2.05, 4.69) is 10.6 Å². The standard InChI is InChI=1S/C16H14FN3O5/c1-25-14-6-5-10(7-13(14)20(23)24)16(22)18-9-15(21)19-12-4-2-3-11(17)8-12/h2-8H,9H2,1H3,(H,18,22)(H,19,21). The maximum absolute atomic E-state index is 13.0. The molecular formula is C16H14FN3O5. The summed E-state index contributed by atoms with van der Waals surface area (Å²) in [4.78, 5) is 34.1. The average Bonchev–Trinajstić information content (AvgIpc) is 2.59. The lowest BCUT2D eigenvalue weighted by atomic mass is 10.1. The minimum absolute atomic E-state index is 0.00561. The number of benzene rings is 2. The Morgan fingerprint density at radius 2 is 2.00 bits per heavy atom. The first-order valence-electron chi connectivity index (χ1n) is 7.06. The molecule has 2 aromatic rings. The second-order valence-electron chi connectivity index (χ2n) is 4.88. The Hall–Kier alpha value is -3.49. The predicted octanol–water partition coefficient (Wildman–Crippen LogP) is 2.11. The van der Waals surface area contributed by atoms with E-state index in [0.29, 0.717) is 0 Å². The molecule has 0 heterocycles. The van der Waals surface area contributed by atoms with Crippen molar-refractivity contribution >= 4 is 23.2 Å². The van der Waals surface area contributed by atoms with Crippen molar-refractivity contribution in [3.8, 4) is 5.75 Å². The Labute approximate surface area is 141 Å². The number of anilines is 1. The van der Waals surface area contributed by atoms with Gasteiger partial charge in [0.25, 0.3) is 5.91 Å². The predicted molar refractivity (Wildman–Crippen MR) is 87.0 cm³/mol. The third-order valence-corrected chi connectivity index (χ3v) is 3.16. The zero-order valence-corrected chi connectivity index (χ0v) is 13.1. The summed E-state index contributed by atoms with van der Waals surface area (Å²) in [7, 11) is 1.28. The number of nitrogens with one attached hydrogen (secondary N) is 2. The largest absolute Gasteiger partial charge is 0.490 e. The van der Waals surface area contributed by atoms with E-state index < -0.39 is 22.6 Å². The molecule has 2 aromatic carbocycles. The highest BCUT2D eigenvalue weighted by Gasteiger charge is 2.18. The molecule has 0 spiro atoms. The van der Waals surface area contributed by atoms with E-state index in [-0.39, 0.29) is 29.2 Å². The number of nitro benzene ring substituents is 1. The van der Waals surface area contributed by atoms with Gasteiger partial charge in [-0.1, -0.05) is 6.07 Å². The Kier molecular flexibility index (Phi) is 5.62. The third-order valence-electron chi connectivity index (χ3n) is 3.16. The highest BCUT2D eigenvalue weighted by atomic mass is 19.1. The number of hydrogen-bond acceptors (Lipinski definition) is 5. The topological polar surface area (TPSA) is 111 Å². The molecular weight excluding hydrogens is 333 g/mol. The summed E-state index contributed by atoms with van der Waals surface area (Å²) >= 11 is 0. The fourth-order valence-corrected chi connectivity index (χ4v) is 2.01. The van der Waals surface area contributed by atoms with Crippen LogP contribution in [0.25, 0.3) is 0 Å². The number of rotatable bonds is 6. The minimum atomic E-state index is -0.674. The zero-order valence-electron chi connectivity index (χ0n) is 13.1. The molecule has 0 unspecified atom stereocenters. The van der Waals surface area contributed by atoms with Gasteiger partial charge in [-0.25, -0.2) is 4.39 Å². The summed E-state index contributed by atoms with van der Waals surface area (Å²) in [6.07, 6.45) is 0. The quantitative estimate of drug-likeness (QED) is 0.614. The summed E-state index contributed by atoms with van der Waals surface area (Å²) in [5.74, 6) is -1.72. The zero-order chi connectivity index (χ0) is 18.4. The van der Waals surface area contributed by atoms with Crippen molar-refractivity contribution < 1.29 is 23.6 Å². The van der Waals surface area contributed by atoms with Crippen molar-refractivity contribution in [3.63, 3.8) is 0 Å². The van der Waals surface area contributed by atoms with Crippen LogP contribution < -0.4 is 15.4 Å². The highest BCUT2D eigenvalue weighted by Crippen LogP contribution is 2.27. The van der Waals surface area contributed by atoms with E-state index in [0.717, 1.165) is 12.1 Å². The highest BCUT2D eigenvalue weighted by molar-refractivity contribution is 5.99. The molecule has 2 N–H and O–H groups in total. The summed E-state index contributed by atoms with van der Waals surface area (Å²) < 4.78 is 17.9. The van der Waals surface area contributed by atoms with Crippen LogP contribution in [0.5, 0.6) is 5.75 Å². The SMILES string of the molecule is COc1ccc(C(=O)NCC(=O)Nc2cccc(F)c2)cc1[N+](=O)[O-]. The van der Waals surface area contributed by atoms with Gasteiger partial charge in [-0.15, -0.1) is 0 Å². The third kappa shape index (κ3) is 4.74. The van der Waals surface area contributed by atoms with Crippen LogP contribution in [0.3, 0.4) is 0 Å². The van der Waals surface area contributed by atoms with Crippen molar-refractivity contribution in [2.75, 3.05) is 19.0 Å². The minimum Gasteiger partial charge on any atom is -0.490 e. The van der Waals surface area contributed by atoms with Gasteiger partial charge >= 0.3 is 5.69 Å². The molecule has 0 saturated carbocycles. The van der Waals surface area contributed by atoms with Gasteiger partial charge < -0.3 is 15.4 Å². The van der Waals surface area contributed by atoms with E-state index >= 15 is 0 Å². The number of ether oxygens (including phenoxy) is 1. The molecule has 8 nitrogen and oxygen atoms in total. The number of carbonyl (C=O) groups excluding carboxylic acids is 2. The Bertz CT molecular complexity index is 825. The second kappa shape index (κ2) is 7.86. The second-order valence-corrected chi connectivity index (χ2v) is 4.88. The molecule has 0 aliphatic heterocycles. The summed E-state index contributed by atoms with van der Waals surface area (Å²) in [5, 5.41) is 15.7. The lowest BCUT2D eigenvalue weighted by molar-refractivity contribution is -0.385. The first-order chi connectivity index (χ1) is 11.9. The number of methoxy groups -OCH3 is 1. The Balaban J connectivity index is 1.99. The number of nitro groups is 1. The van der Waals surface area contributed by atoms with Crippen LogP contribution in [-0.4, -0.2) is 30.4 Å². The Morgan fingerprint density at radius 1 is 1.24 bits per heavy atom. The summed E-state index contributed by atoms with van der Waals surface area (Å²) in [6, 6.07) is 8.97. The van der Waals surface area contributed by atoms with Gasteiger partial charge in [0.1, 0.15) is 5.82 Å². The van der Waals surface area contributed by atoms with E-state index in [1.54, 1.807) is 0 Å². The van der Waals surface area contributed by atoms with Crippen molar-refractivity contribution in [2.24, 2.45) is 0 Å². The molecule has 0 aromatic heterocycles. The molecule has 0 aliphatic rings. The molecule has 0 aliphatic carbocycles. The van der Waals surface area contributed by atoms with Crippen LogP contribution in [0.15, 0.2) is 42.5 Å². The smallest absolute Gasteiger partial charge is 0.311 e. The number of nitrogens with zero attached hydrogens (tertiary/aromatic N) is 1. The fraction of sp³-hybridized carbons (Fsp3) is 0.125. The monoisotopic (exact) mass is 347 g/mol. The first-order valence-corrected chi connectivity index (χ1v) is 7.06. The number of amides is 2. The summed E-state index contributed by atoms with van der Waals surface area (Å²) in [6.45, 7) is -0.380. The number of halogens is 1. The van der Waals surface area contributed by atoms with Crippen molar-refractivity contribution in [2.45, 2.75) is 0 Å². The lowest BCUT2D eigenvalue weighted by Crippen LogP contribution is -2.32. The first kappa shape index (κ1) is 17.9. The van der Waals surface area contributed by atoms with Gasteiger partial charge in [0.05, 0.1) is 18.6 Å². The van der Waals surface area contributed by atoms with Crippen molar-refractivity contribution in [1.29, 1.82) is 0 Å². The van der Waals surface area contributed by atoms with E-state index in [1.165, 1.54) is 37.4 Å². The van der Waals surface area contributed by atoms with Gasteiger partial charge in [0.15, 0.2) is 5.75 Å². The molecule has 0 atom stereocenters. The van der Waals surface area contributed by atoms with E-state index in [1.807, 2.05) is 0 Å². The molecule has 0 fully saturated rings. The van der Waals surface area contributed by atoms with Crippen molar-refractivity contribution in [3.05, 3.63) is 64.0 Å². The van der Waals surface area contributed by atoms with Gasteiger partial charge in [0, 0.05) is 17.3 Å². The van der Waals surface area contributed by atoms with Crippen LogP contribution in [0.1, 0.15) is 10.4 Å². The molecule has 0 radical (unpaired) electrons.